The van der Waals surface area contributed by atoms with Gasteiger partial charge in [-0.15, -0.1) is 0 Å². The van der Waals surface area contributed by atoms with Crippen LogP contribution in [0.4, 0.5) is 0 Å². The molecule has 0 amide bonds. The molecule has 126 valence electrons. The van der Waals surface area contributed by atoms with Gasteiger partial charge in [0.25, 0.3) is 0 Å². The maximum Gasteiger partial charge on any atom is 0.317 e. The first-order valence-corrected chi connectivity index (χ1v) is 9.11. The molecule has 0 aromatic heterocycles. The van der Waals surface area contributed by atoms with E-state index >= 15 is 0 Å². The van der Waals surface area contributed by atoms with Crippen LogP contribution in [-0.2, 0) is 14.9 Å². The van der Waals surface area contributed by atoms with Crippen LogP contribution in [0.15, 0.2) is 30.3 Å². The molecular formula is C20H30NO2+. The Morgan fingerprint density at radius 2 is 1.74 bits per heavy atom. The standard InChI is InChI=1S/C20H30NO2/c1-21(2)15-12-18(16-21)23-19(22)20(13-8-3-4-9-14-20)17-10-6-5-7-11-17/h5-7,10-11,18H,3-4,8-9,12-16H2,1-2H3/q+1/t18-/m0/s1. The fraction of sp³-hybridized carbons (Fsp3) is 0.650. The Bertz CT molecular complexity index is 530. The van der Waals surface area contributed by atoms with Crippen LogP contribution < -0.4 is 0 Å². The lowest BCUT2D eigenvalue weighted by molar-refractivity contribution is -0.879. The highest BCUT2D eigenvalue weighted by molar-refractivity contribution is 5.83. The molecule has 3 nitrogen and oxygen atoms in total. The van der Waals surface area contributed by atoms with E-state index in [9.17, 15) is 4.79 Å². The molecule has 0 N–H and O–H groups in total. The van der Waals surface area contributed by atoms with Crippen molar-refractivity contribution in [2.75, 3.05) is 27.2 Å². The van der Waals surface area contributed by atoms with Gasteiger partial charge in [-0.3, -0.25) is 4.79 Å². The predicted octanol–water partition coefficient (Wildman–Crippen LogP) is 3.67. The highest BCUT2D eigenvalue weighted by atomic mass is 16.5. The molecule has 0 radical (unpaired) electrons. The second-order valence-corrected chi connectivity index (χ2v) is 8.02. The highest BCUT2D eigenvalue weighted by Crippen LogP contribution is 2.40. The molecular weight excluding hydrogens is 286 g/mol. The molecule has 2 fully saturated rings. The number of esters is 1. The third-order valence-electron chi connectivity index (χ3n) is 5.70. The minimum atomic E-state index is -0.419. The number of quaternary nitrogens is 1. The van der Waals surface area contributed by atoms with Crippen molar-refractivity contribution in [3.63, 3.8) is 0 Å². The van der Waals surface area contributed by atoms with Crippen LogP contribution in [0.2, 0.25) is 0 Å². The van der Waals surface area contributed by atoms with Gasteiger partial charge in [0.05, 0.1) is 26.1 Å². The number of benzene rings is 1. The van der Waals surface area contributed by atoms with Crippen LogP contribution in [0.5, 0.6) is 0 Å². The van der Waals surface area contributed by atoms with Crippen molar-refractivity contribution in [2.24, 2.45) is 0 Å². The van der Waals surface area contributed by atoms with Crippen LogP contribution in [0, 0.1) is 0 Å². The van der Waals surface area contributed by atoms with E-state index in [1.54, 1.807) is 0 Å². The van der Waals surface area contributed by atoms with E-state index in [2.05, 4.69) is 26.2 Å². The van der Waals surface area contributed by atoms with Gasteiger partial charge >= 0.3 is 5.97 Å². The van der Waals surface area contributed by atoms with E-state index in [4.69, 9.17) is 4.74 Å². The first-order chi connectivity index (χ1) is 11.0. The molecule has 0 bridgehead atoms. The summed E-state index contributed by atoms with van der Waals surface area (Å²) in [6.07, 6.45) is 7.64. The SMILES string of the molecule is C[N+]1(C)CC[C@H](OC(=O)C2(c3ccccc3)CCCCCC2)C1. The fourth-order valence-corrected chi connectivity index (χ4v) is 4.29. The lowest BCUT2D eigenvalue weighted by Gasteiger charge is -2.32. The Labute approximate surface area is 140 Å². The van der Waals surface area contributed by atoms with Gasteiger partial charge in [-0.05, 0) is 18.4 Å². The van der Waals surface area contributed by atoms with E-state index in [0.29, 0.717) is 0 Å². The van der Waals surface area contributed by atoms with Crippen molar-refractivity contribution in [2.45, 2.75) is 56.5 Å². The Balaban J connectivity index is 1.82. The molecule has 0 spiro atoms. The van der Waals surface area contributed by atoms with Crippen LogP contribution in [0.1, 0.15) is 50.5 Å². The molecule has 1 aromatic rings. The molecule has 3 rings (SSSR count). The summed E-state index contributed by atoms with van der Waals surface area (Å²) in [7, 11) is 4.43. The van der Waals surface area contributed by atoms with E-state index in [-0.39, 0.29) is 12.1 Å². The third-order valence-corrected chi connectivity index (χ3v) is 5.70. The Morgan fingerprint density at radius 1 is 1.09 bits per heavy atom. The molecule has 2 aliphatic rings. The van der Waals surface area contributed by atoms with Crippen LogP contribution >= 0.6 is 0 Å². The van der Waals surface area contributed by atoms with Gasteiger partial charge in [-0.1, -0.05) is 56.0 Å². The summed E-state index contributed by atoms with van der Waals surface area (Å²) in [5.74, 6) is 0.0255. The number of rotatable bonds is 3. The van der Waals surface area contributed by atoms with Gasteiger partial charge in [-0.25, -0.2) is 0 Å². The zero-order chi connectivity index (χ0) is 16.3. The van der Waals surface area contributed by atoms with Gasteiger partial charge in [0.1, 0.15) is 6.54 Å². The summed E-state index contributed by atoms with van der Waals surface area (Å²) in [5, 5.41) is 0. The second kappa shape index (κ2) is 6.64. The zero-order valence-electron chi connectivity index (χ0n) is 14.6. The molecule has 1 heterocycles. The van der Waals surface area contributed by atoms with Crippen molar-refractivity contribution in [1.29, 1.82) is 0 Å². The molecule has 1 saturated carbocycles. The van der Waals surface area contributed by atoms with Gasteiger partial charge in [0.15, 0.2) is 6.10 Å². The van der Waals surface area contributed by atoms with Crippen LogP contribution in [0.25, 0.3) is 0 Å². The molecule has 1 saturated heterocycles. The average Bonchev–Trinajstić information content (AvgIpc) is 2.76. The second-order valence-electron chi connectivity index (χ2n) is 8.02. The zero-order valence-corrected chi connectivity index (χ0v) is 14.6. The summed E-state index contributed by atoms with van der Waals surface area (Å²) in [5.41, 5.74) is 0.732. The minimum Gasteiger partial charge on any atom is -0.455 e. The number of hydrogen-bond acceptors (Lipinski definition) is 2. The van der Waals surface area contributed by atoms with Gasteiger partial charge < -0.3 is 9.22 Å². The number of hydrogen-bond donors (Lipinski definition) is 0. The molecule has 1 aromatic carbocycles. The van der Waals surface area contributed by atoms with Crippen LogP contribution in [0.3, 0.4) is 0 Å². The van der Waals surface area contributed by atoms with Crippen molar-refractivity contribution < 1.29 is 14.0 Å². The third kappa shape index (κ3) is 3.60. The van der Waals surface area contributed by atoms with Gasteiger partial charge in [0.2, 0.25) is 0 Å². The maximum atomic E-state index is 13.2. The largest absolute Gasteiger partial charge is 0.455 e. The van der Waals surface area contributed by atoms with E-state index in [1.165, 1.54) is 12.8 Å². The Hall–Kier alpha value is -1.35. The monoisotopic (exact) mass is 316 g/mol. The molecule has 1 aliphatic heterocycles. The first kappa shape index (κ1) is 16.5. The number of carbonyl (C=O) groups is 1. The summed E-state index contributed by atoms with van der Waals surface area (Å²) < 4.78 is 7.00. The molecule has 0 unspecified atom stereocenters. The van der Waals surface area contributed by atoms with Crippen molar-refractivity contribution in [3.05, 3.63) is 35.9 Å². The Morgan fingerprint density at radius 3 is 2.30 bits per heavy atom. The molecule has 1 atom stereocenters. The Kier molecular flexibility index (Phi) is 4.77. The lowest BCUT2D eigenvalue weighted by atomic mass is 9.74. The number of nitrogens with zero attached hydrogens (tertiary/aromatic N) is 1. The summed E-state index contributed by atoms with van der Waals surface area (Å²) in [4.78, 5) is 13.2. The summed E-state index contributed by atoms with van der Waals surface area (Å²) in [6, 6.07) is 10.3. The van der Waals surface area contributed by atoms with Gasteiger partial charge in [-0.2, -0.15) is 0 Å². The molecule has 23 heavy (non-hydrogen) atoms. The van der Waals surface area contributed by atoms with Crippen molar-refractivity contribution in [3.8, 4) is 0 Å². The lowest BCUT2D eigenvalue weighted by Crippen LogP contribution is -2.42. The minimum absolute atomic E-state index is 0.0255. The van der Waals surface area contributed by atoms with E-state index < -0.39 is 5.41 Å². The maximum absolute atomic E-state index is 13.2. The highest BCUT2D eigenvalue weighted by Gasteiger charge is 2.44. The first-order valence-electron chi connectivity index (χ1n) is 9.11. The topological polar surface area (TPSA) is 26.3 Å². The average molecular weight is 316 g/mol. The number of likely N-dealkylation sites (tertiary alicyclic amines) is 1. The van der Waals surface area contributed by atoms with E-state index in [1.807, 2.05) is 18.2 Å². The predicted molar refractivity (Wildman–Crippen MR) is 92.2 cm³/mol. The summed E-state index contributed by atoms with van der Waals surface area (Å²) >= 11 is 0. The normalized spacial score (nSPS) is 26.4. The number of ether oxygens (including phenoxy) is 1. The molecule has 1 aliphatic carbocycles. The molecule has 3 heteroatoms. The van der Waals surface area contributed by atoms with E-state index in [0.717, 1.165) is 55.2 Å². The van der Waals surface area contributed by atoms with Gasteiger partial charge in [0, 0.05) is 6.42 Å². The fourth-order valence-electron chi connectivity index (χ4n) is 4.29. The van der Waals surface area contributed by atoms with Crippen molar-refractivity contribution >= 4 is 5.97 Å². The number of carbonyl (C=O) groups excluding carboxylic acids is 1. The number of likely N-dealkylation sites (N-methyl/N-ethyl adjacent to an activating group) is 1. The summed E-state index contributed by atoms with van der Waals surface area (Å²) in [6.45, 7) is 2.03. The smallest absolute Gasteiger partial charge is 0.317 e. The van der Waals surface area contributed by atoms with Crippen LogP contribution in [-0.4, -0.2) is 43.7 Å². The van der Waals surface area contributed by atoms with Crippen molar-refractivity contribution in [1.82, 2.24) is 0 Å². The quantitative estimate of drug-likeness (QED) is 0.483.